The Balaban J connectivity index is 2.30. The van der Waals surface area contributed by atoms with Gasteiger partial charge in [0.25, 0.3) is 0 Å². The van der Waals surface area contributed by atoms with Crippen LogP contribution in [0.4, 0.5) is 0 Å². The second-order valence-corrected chi connectivity index (χ2v) is 4.16. The molecule has 0 nitrogen and oxygen atoms in total. The van der Waals surface area contributed by atoms with Crippen molar-refractivity contribution in [3.63, 3.8) is 0 Å². The summed E-state index contributed by atoms with van der Waals surface area (Å²) in [5, 5.41) is 0. The average molecular weight is 144 g/mol. The van der Waals surface area contributed by atoms with Crippen molar-refractivity contribution in [2.24, 2.45) is 11.8 Å². The Hall–Kier alpha value is 0.350. The molecular formula is C8H16S. The van der Waals surface area contributed by atoms with E-state index in [9.17, 15) is 0 Å². The Morgan fingerprint density at radius 1 is 1.56 bits per heavy atom. The molecule has 0 aromatic rings. The first-order valence-electron chi connectivity index (χ1n) is 3.92. The molecule has 2 atom stereocenters. The third-order valence-electron chi connectivity index (χ3n) is 2.34. The van der Waals surface area contributed by atoms with Crippen LogP contribution in [0.25, 0.3) is 0 Å². The summed E-state index contributed by atoms with van der Waals surface area (Å²) in [7, 11) is 0. The fraction of sp³-hybridized carbons (Fsp3) is 1.00. The minimum atomic E-state index is 0.980. The van der Waals surface area contributed by atoms with Crippen LogP contribution >= 0.6 is 11.8 Å². The zero-order chi connectivity index (χ0) is 6.69. The van der Waals surface area contributed by atoms with Gasteiger partial charge in [-0.1, -0.05) is 20.3 Å². The van der Waals surface area contributed by atoms with Gasteiger partial charge in [-0.05, 0) is 29.8 Å². The smallest absolute Gasteiger partial charge is 0.00391 e. The third kappa shape index (κ3) is 1.89. The molecule has 1 unspecified atom stereocenters. The van der Waals surface area contributed by atoms with Crippen LogP contribution in [0.5, 0.6) is 0 Å². The summed E-state index contributed by atoms with van der Waals surface area (Å²) in [4.78, 5) is 0. The maximum atomic E-state index is 2.39. The zero-order valence-electron chi connectivity index (χ0n) is 6.39. The topological polar surface area (TPSA) is 0 Å². The molecule has 0 aromatic carbocycles. The highest BCUT2D eigenvalue weighted by atomic mass is 32.2. The number of rotatable bonds is 1. The van der Waals surface area contributed by atoms with Gasteiger partial charge >= 0.3 is 0 Å². The van der Waals surface area contributed by atoms with Crippen LogP contribution in [0.3, 0.4) is 0 Å². The standard InChI is InChI=1S/C8H16S/c1-3-8-4-5-9-6-7(8)2/h7-8H,3-6H2,1-2H3/t7-,8?/m0/s1. The van der Waals surface area contributed by atoms with E-state index in [1.54, 1.807) is 0 Å². The molecule has 1 aliphatic heterocycles. The summed E-state index contributed by atoms with van der Waals surface area (Å²) in [5.74, 6) is 4.82. The number of hydrogen-bond acceptors (Lipinski definition) is 1. The van der Waals surface area contributed by atoms with E-state index in [1.165, 1.54) is 24.3 Å². The van der Waals surface area contributed by atoms with Gasteiger partial charge in [-0.2, -0.15) is 11.8 Å². The lowest BCUT2D eigenvalue weighted by atomic mass is 9.90. The van der Waals surface area contributed by atoms with Crippen LogP contribution in [0.15, 0.2) is 0 Å². The van der Waals surface area contributed by atoms with E-state index in [0.29, 0.717) is 0 Å². The molecule has 0 N–H and O–H groups in total. The van der Waals surface area contributed by atoms with Crippen LogP contribution in [-0.4, -0.2) is 11.5 Å². The highest BCUT2D eigenvalue weighted by Crippen LogP contribution is 2.29. The second-order valence-electron chi connectivity index (χ2n) is 3.01. The first kappa shape index (κ1) is 7.46. The van der Waals surface area contributed by atoms with Gasteiger partial charge in [0.05, 0.1) is 0 Å². The quantitative estimate of drug-likeness (QED) is 0.545. The van der Waals surface area contributed by atoms with E-state index in [1.807, 2.05) is 0 Å². The van der Waals surface area contributed by atoms with Gasteiger partial charge in [0.2, 0.25) is 0 Å². The molecule has 0 aliphatic carbocycles. The minimum Gasteiger partial charge on any atom is -0.162 e. The predicted octanol–water partition coefficient (Wildman–Crippen LogP) is 2.79. The summed E-state index contributed by atoms with van der Waals surface area (Å²) < 4.78 is 0. The van der Waals surface area contributed by atoms with Gasteiger partial charge in [0.1, 0.15) is 0 Å². The second kappa shape index (κ2) is 3.50. The minimum absolute atomic E-state index is 0.980. The summed E-state index contributed by atoms with van der Waals surface area (Å²) in [5.41, 5.74) is 0. The summed E-state index contributed by atoms with van der Waals surface area (Å²) in [6.07, 6.45) is 2.85. The largest absolute Gasteiger partial charge is 0.162 e. The van der Waals surface area contributed by atoms with E-state index in [2.05, 4.69) is 25.6 Å². The molecule has 1 aliphatic rings. The SMILES string of the molecule is CCC1CCSC[C@@H]1C. The van der Waals surface area contributed by atoms with Gasteiger partial charge in [-0.3, -0.25) is 0 Å². The lowest BCUT2D eigenvalue weighted by molar-refractivity contribution is 0.360. The first-order chi connectivity index (χ1) is 4.34. The number of hydrogen-bond donors (Lipinski definition) is 0. The van der Waals surface area contributed by atoms with Crippen LogP contribution in [0.1, 0.15) is 26.7 Å². The van der Waals surface area contributed by atoms with E-state index in [0.717, 1.165) is 11.8 Å². The predicted molar refractivity (Wildman–Crippen MR) is 44.9 cm³/mol. The Bertz CT molecular complexity index is 80.6. The Morgan fingerprint density at radius 2 is 2.33 bits per heavy atom. The summed E-state index contributed by atoms with van der Waals surface area (Å²) in [6, 6.07) is 0. The summed E-state index contributed by atoms with van der Waals surface area (Å²) >= 11 is 2.12. The van der Waals surface area contributed by atoms with Crippen molar-refractivity contribution < 1.29 is 0 Å². The van der Waals surface area contributed by atoms with Crippen molar-refractivity contribution in [1.29, 1.82) is 0 Å². The van der Waals surface area contributed by atoms with E-state index in [-0.39, 0.29) is 0 Å². The monoisotopic (exact) mass is 144 g/mol. The van der Waals surface area contributed by atoms with Crippen molar-refractivity contribution in [2.75, 3.05) is 11.5 Å². The molecule has 0 amide bonds. The van der Waals surface area contributed by atoms with Crippen LogP contribution in [-0.2, 0) is 0 Å². The van der Waals surface area contributed by atoms with Gasteiger partial charge in [0.15, 0.2) is 0 Å². The molecule has 0 bridgehead atoms. The highest BCUT2D eigenvalue weighted by molar-refractivity contribution is 7.99. The molecule has 1 heteroatoms. The lowest BCUT2D eigenvalue weighted by Crippen LogP contribution is -2.18. The Labute approximate surface area is 62.4 Å². The lowest BCUT2D eigenvalue weighted by Gasteiger charge is -2.26. The van der Waals surface area contributed by atoms with E-state index < -0.39 is 0 Å². The molecule has 1 saturated heterocycles. The van der Waals surface area contributed by atoms with Crippen molar-refractivity contribution in [2.45, 2.75) is 26.7 Å². The van der Waals surface area contributed by atoms with Crippen LogP contribution in [0, 0.1) is 11.8 Å². The van der Waals surface area contributed by atoms with Crippen LogP contribution in [0.2, 0.25) is 0 Å². The molecule has 0 saturated carbocycles. The molecule has 9 heavy (non-hydrogen) atoms. The molecule has 0 radical (unpaired) electrons. The van der Waals surface area contributed by atoms with Crippen molar-refractivity contribution >= 4 is 11.8 Å². The fourth-order valence-electron chi connectivity index (χ4n) is 1.53. The maximum absolute atomic E-state index is 2.39. The third-order valence-corrected chi connectivity index (χ3v) is 3.63. The van der Waals surface area contributed by atoms with Crippen molar-refractivity contribution in [3.8, 4) is 0 Å². The van der Waals surface area contributed by atoms with Gasteiger partial charge in [-0.25, -0.2) is 0 Å². The van der Waals surface area contributed by atoms with Crippen LogP contribution < -0.4 is 0 Å². The molecule has 0 aromatic heterocycles. The molecule has 1 heterocycles. The first-order valence-corrected chi connectivity index (χ1v) is 5.07. The Morgan fingerprint density at radius 3 is 2.78 bits per heavy atom. The van der Waals surface area contributed by atoms with Crippen molar-refractivity contribution in [1.82, 2.24) is 0 Å². The van der Waals surface area contributed by atoms with E-state index >= 15 is 0 Å². The zero-order valence-corrected chi connectivity index (χ0v) is 7.21. The van der Waals surface area contributed by atoms with Gasteiger partial charge < -0.3 is 0 Å². The maximum Gasteiger partial charge on any atom is -0.00391 e. The molecule has 54 valence electrons. The van der Waals surface area contributed by atoms with Gasteiger partial charge in [-0.15, -0.1) is 0 Å². The molecule has 0 spiro atoms. The van der Waals surface area contributed by atoms with Crippen molar-refractivity contribution in [3.05, 3.63) is 0 Å². The molecule has 1 fully saturated rings. The molecular weight excluding hydrogens is 128 g/mol. The summed E-state index contributed by atoms with van der Waals surface area (Å²) in [6.45, 7) is 4.71. The normalized spacial score (nSPS) is 36.7. The number of thioether (sulfide) groups is 1. The Kier molecular flexibility index (Phi) is 2.90. The fourth-order valence-corrected chi connectivity index (χ4v) is 2.81. The highest BCUT2D eigenvalue weighted by Gasteiger charge is 2.18. The van der Waals surface area contributed by atoms with E-state index in [4.69, 9.17) is 0 Å². The molecule has 1 rings (SSSR count). The average Bonchev–Trinajstić information content (AvgIpc) is 1.89. The van der Waals surface area contributed by atoms with Gasteiger partial charge in [0, 0.05) is 0 Å².